The van der Waals surface area contributed by atoms with Gasteiger partial charge in [0, 0.05) is 23.2 Å². The minimum Gasteiger partial charge on any atom is -0.371 e. The maximum Gasteiger partial charge on any atom is 0.171 e. The topological polar surface area (TPSA) is 27.3 Å². The van der Waals surface area contributed by atoms with Gasteiger partial charge in [-0.25, -0.2) is 4.39 Å². The number of nitrogens with one attached hydrogen (secondary N) is 2. The van der Waals surface area contributed by atoms with Crippen molar-refractivity contribution in [2.24, 2.45) is 5.92 Å². The molecule has 0 aromatic heterocycles. The van der Waals surface area contributed by atoms with Crippen LogP contribution in [0.1, 0.15) is 38.3 Å². The van der Waals surface area contributed by atoms with Gasteiger partial charge >= 0.3 is 0 Å². The Morgan fingerprint density at radius 2 is 2.00 bits per heavy atom. The molecule has 6 heteroatoms. The van der Waals surface area contributed by atoms with Gasteiger partial charge < -0.3 is 15.5 Å². The maximum atomic E-state index is 13.9. The quantitative estimate of drug-likeness (QED) is 0.570. The molecule has 3 rings (SSSR count). The molecular formula is C21H25BrFN3S. The molecule has 2 aromatic carbocycles. The predicted molar refractivity (Wildman–Crippen MR) is 119 cm³/mol. The first-order valence-corrected chi connectivity index (χ1v) is 10.5. The molecule has 27 heavy (non-hydrogen) atoms. The van der Waals surface area contributed by atoms with E-state index < -0.39 is 0 Å². The van der Waals surface area contributed by atoms with E-state index in [2.05, 4.69) is 62.7 Å². The molecule has 0 radical (unpaired) electrons. The molecule has 0 bridgehead atoms. The normalized spacial score (nSPS) is 18.1. The molecule has 0 amide bonds. The summed E-state index contributed by atoms with van der Waals surface area (Å²) in [6.07, 6.45) is 2.58. The number of rotatable bonds is 4. The summed E-state index contributed by atoms with van der Waals surface area (Å²) in [5.41, 5.74) is 2.77. The standard InChI is InChI=1S/C21H25BrFN3S/c1-14-4-3-11-26(13-14)18-8-5-16(6-9-18)15(2)24-21(27)25-20-10-7-17(22)12-19(20)23/h5-10,12,14-15H,3-4,11,13H2,1-2H3,(H2,24,25,27). The maximum absolute atomic E-state index is 13.9. The summed E-state index contributed by atoms with van der Waals surface area (Å²) in [6.45, 7) is 6.61. The second kappa shape index (κ2) is 9.02. The Kier molecular flexibility index (Phi) is 6.71. The molecule has 1 aliphatic rings. The van der Waals surface area contributed by atoms with Crippen LogP contribution in [0.15, 0.2) is 46.9 Å². The zero-order chi connectivity index (χ0) is 19.4. The molecule has 0 saturated carbocycles. The molecule has 2 atom stereocenters. The van der Waals surface area contributed by atoms with Crippen molar-refractivity contribution in [3.05, 3.63) is 58.3 Å². The lowest BCUT2D eigenvalue weighted by atomic mass is 9.99. The number of nitrogens with zero attached hydrogens (tertiary/aromatic N) is 1. The second-order valence-corrected chi connectivity index (χ2v) is 8.55. The molecule has 2 N–H and O–H groups in total. The summed E-state index contributed by atoms with van der Waals surface area (Å²) in [6, 6.07) is 13.5. The number of thiocarbonyl (C=S) groups is 1. The van der Waals surface area contributed by atoms with Crippen molar-refractivity contribution in [1.29, 1.82) is 0 Å². The monoisotopic (exact) mass is 449 g/mol. The van der Waals surface area contributed by atoms with Crippen molar-refractivity contribution in [2.45, 2.75) is 32.7 Å². The molecule has 1 saturated heterocycles. The van der Waals surface area contributed by atoms with Gasteiger partial charge in [-0.1, -0.05) is 35.0 Å². The van der Waals surface area contributed by atoms with Gasteiger partial charge in [0.05, 0.1) is 11.7 Å². The largest absolute Gasteiger partial charge is 0.371 e. The molecule has 1 aliphatic heterocycles. The fraction of sp³-hybridized carbons (Fsp3) is 0.381. The van der Waals surface area contributed by atoms with Crippen LogP contribution in [0, 0.1) is 11.7 Å². The summed E-state index contributed by atoms with van der Waals surface area (Å²) in [5.74, 6) is 0.405. The van der Waals surface area contributed by atoms with Gasteiger partial charge in [0.15, 0.2) is 5.11 Å². The Balaban J connectivity index is 1.58. The van der Waals surface area contributed by atoms with E-state index in [4.69, 9.17) is 12.2 Å². The van der Waals surface area contributed by atoms with E-state index in [0.717, 1.165) is 24.6 Å². The van der Waals surface area contributed by atoms with Crippen LogP contribution in [-0.4, -0.2) is 18.2 Å². The van der Waals surface area contributed by atoms with Crippen LogP contribution in [0.5, 0.6) is 0 Å². The third-order valence-electron chi connectivity index (χ3n) is 4.94. The van der Waals surface area contributed by atoms with E-state index in [1.54, 1.807) is 12.1 Å². The molecule has 144 valence electrons. The fourth-order valence-electron chi connectivity index (χ4n) is 3.43. The average Bonchev–Trinajstić information content (AvgIpc) is 2.64. The first-order valence-electron chi connectivity index (χ1n) is 9.30. The summed E-state index contributed by atoms with van der Waals surface area (Å²) >= 11 is 8.59. The summed E-state index contributed by atoms with van der Waals surface area (Å²) in [4.78, 5) is 2.46. The Morgan fingerprint density at radius 3 is 2.67 bits per heavy atom. The van der Waals surface area contributed by atoms with Crippen molar-refractivity contribution in [3.63, 3.8) is 0 Å². The Bertz CT molecular complexity index is 797. The molecule has 3 nitrogen and oxygen atoms in total. The molecule has 2 aromatic rings. The number of anilines is 2. The lowest BCUT2D eigenvalue weighted by molar-refractivity contribution is 0.447. The molecule has 2 unspecified atom stereocenters. The van der Waals surface area contributed by atoms with Crippen LogP contribution in [-0.2, 0) is 0 Å². The minimum absolute atomic E-state index is 0.0258. The van der Waals surface area contributed by atoms with Crippen molar-refractivity contribution < 1.29 is 4.39 Å². The average molecular weight is 450 g/mol. The highest BCUT2D eigenvalue weighted by Crippen LogP contribution is 2.25. The van der Waals surface area contributed by atoms with Crippen LogP contribution >= 0.6 is 28.1 Å². The van der Waals surface area contributed by atoms with Crippen LogP contribution in [0.25, 0.3) is 0 Å². The summed E-state index contributed by atoms with van der Waals surface area (Å²) < 4.78 is 14.6. The van der Waals surface area contributed by atoms with E-state index in [1.165, 1.54) is 24.6 Å². The van der Waals surface area contributed by atoms with Gasteiger partial charge in [-0.2, -0.15) is 0 Å². The molecular weight excluding hydrogens is 425 g/mol. The molecule has 0 spiro atoms. The van der Waals surface area contributed by atoms with Crippen molar-refractivity contribution in [1.82, 2.24) is 5.32 Å². The number of benzene rings is 2. The highest BCUT2D eigenvalue weighted by atomic mass is 79.9. The van der Waals surface area contributed by atoms with E-state index in [9.17, 15) is 4.39 Å². The lowest BCUT2D eigenvalue weighted by Gasteiger charge is -2.33. The third-order valence-corrected chi connectivity index (χ3v) is 5.66. The summed E-state index contributed by atoms with van der Waals surface area (Å²) in [5, 5.41) is 6.54. The molecule has 1 heterocycles. The van der Waals surface area contributed by atoms with E-state index >= 15 is 0 Å². The minimum atomic E-state index is -0.346. The van der Waals surface area contributed by atoms with Crippen molar-refractivity contribution in [2.75, 3.05) is 23.3 Å². The first-order chi connectivity index (χ1) is 12.9. The third kappa shape index (κ3) is 5.42. The van der Waals surface area contributed by atoms with E-state index in [1.807, 2.05) is 6.92 Å². The fourth-order valence-corrected chi connectivity index (χ4v) is 4.05. The number of piperidine rings is 1. The highest BCUT2D eigenvalue weighted by molar-refractivity contribution is 9.10. The lowest BCUT2D eigenvalue weighted by Crippen LogP contribution is -2.34. The van der Waals surface area contributed by atoms with E-state index in [0.29, 0.717) is 15.3 Å². The Morgan fingerprint density at radius 1 is 1.26 bits per heavy atom. The van der Waals surface area contributed by atoms with Gasteiger partial charge in [0.25, 0.3) is 0 Å². The van der Waals surface area contributed by atoms with Gasteiger partial charge in [0.2, 0.25) is 0 Å². The van der Waals surface area contributed by atoms with E-state index in [-0.39, 0.29) is 11.9 Å². The van der Waals surface area contributed by atoms with Gasteiger partial charge in [-0.3, -0.25) is 0 Å². The van der Waals surface area contributed by atoms with Gasteiger partial charge in [0.1, 0.15) is 5.82 Å². The van der Waals surface area contributed by atoms with Crippen LogP contribution < -0.4 is 15.5 Å². The number of hydrogen-bond donors (Lipinski definition) is 2. The van der Waals surface area contributed by atoms with Gasteiger partial charge in [-0.05, 0) is 73.8 Å². The van der Waals surface area contributed by atoms with Crippen LogP contribution in [0.3, 0.4) is 0 Å². The van der Waals surface area contributed by atoms with Gasteiger partial charge in [-0.15, -0.1) is 0 Å². The molecule has 0 aliphatic carbocycles. The molecule has 1 fully saturated rings. The number of hydrogen-bond acceptors (Lipinski definition) is 2. The van der Waals surface area contributed by atoms with Crippen LogP contribution in [0.4, 0.5) is 15.8 Å². The zero-order valence-corrected chi connectivity index (χ0v) is 18.0. The predicted octanol–water partition coefficient (Wildman–Crippen LogP) is 5.87. The highest BCUT2D eigenvalue weighted by Gasteiger charge is 2.17. The zero-order valence-electron chi connectivity index (χ0n) is 15.6. The van der Waals surface area contributed by atoms with Crippen LogP contribution in [0.2, 0.25) is 0 Å². The Labute approximate surface area is 174 Å². The number of halogens is 2. The second-order valence-electron chi connectivity index (χ2n) is 7.23. The Hall–Kier alpha value is -1.66. The smallest absolute Gasteiger partial charge is 0.171 e. The summed E-state index contributed by atoms with van der Waals surface area (Å²) in [7, 11) is 0. The van der Waals surface area contributed by atoms with Crippen molar-refractivity contribution in [3.8, 4) is 0 Å². The SMILES string of the molecule is CC1CCCN(c2ccc(C(C)NC(=S)Nc3ccc(Br)cc3F)cc2)C1. The van der Waals surface area contributed by atoms with Crippen molar-refractivity contribution >= 4 is 44.6 Å². The first kappa shape index (κ1) is 20.1.